The molecule has 0 bridgehead atoms. The lowest BCUT2D eigenvalue weighted by Crippen LogP contribution is -2.41. The number of fused-ring (bicyclic) bond motifs is 2. The first-order valence-corrected chi connectivity index (χ1v) is 18.2. The molecule has 2 aliphatic rings. The SMILES string of the molecule is CCCCCCCCN1C(=O)c2ccc3c4c(C)cc5c6c(ccc(c7c(C)cc(c2c37)C1=O)c64)C(=O)N(CCCCCCCC)C5=O. The van der Waals surface area contributed by atoms with E-state index < -0.39 is 0 Å². The minimum Gasteiger partial charge on any atom is -0.274 e. The van der Waals surface area contributed by atoms with Crippen LogP contribution in [0.25, 0.3) is 43.1 Å². The number of aryl methyl sites for hydroxylation is 2. The minimum atomic E-state index is -0.225. The molecule has 0 aliphatic carbocycles. The molecule has 0 fully saturated rings. The van der Waals surface area contributed by atoms with E-state index in [2.05, 4.69) is 13.8 Å². The molecule has 5 aromatic rings. The Morgan fingerprint density at radius 2 is 0.771 bits per heavy atom. The highest BCUT2D eigenvalue weighted by molar-refractivity contribution is 6.42. The number of carbonyl (C=O) groups is 4. The second kappa shape index (κ2) is 12.9. The predicted molar refractivity (Wildman–Crippen MR) is 195 cm³/mol. The van der Waals surface area contributed by atoms with Crippen LogP contribution < -0.4 is 0 Å². The maximum atomic E-state index is 14.0. The van der Waals surface area contributed by atoms with E-state index in [1.54, 1.807) is 0 Å². The first kappa shape index (κ1) is 32.2. The van der Waals surface area contributed by atoms with Crippen molar-refractivity contribution in [1.29, 1.82) is 0 Å². The normalized spacial score (nSPS) is 14.7. The van der Waals surface area contributed by atoms with E-state index in [-0.39, 0.29) is 23.6 Å². The number of unbranched alkanes of at least 4 members (excludes halogenated alkanes) is 10. The molecule has 0 spiro atoms. The van der Waals surface area contributed by atoms with E-state index in [4.69, 9.17) is 0 Å². The highest BCUT2D eigenvalue weighted by Gasteiger charge is 2.37. The average molecular weight is 643 g/mol. The smallest absolute Gasteiger partial charge is 0.261 e. The molecule has 0 saturated heterocycles. The number of amides is 4. The highest BCUT2D eigenvalue weighted by Crippen LogP contribution is 2.48. The molecular formula is C42H46N2O4. The third-order valence-corrected chi connectivity index (χ3v) is 10.9. The van der Waals surface area contributed by atoms with Gasteiger partial charge in [-0.25, -0.2) is 0 Å². The summed E-state index contributed by atoms with van der Waals surface area (Å²) in [7, 11) is 0. The van der Waals surface area contributed by atoms with Gasteiger partial charge in [-0.2, -0.15) is 0 Å². The van der Waals surface area contributed by atoms with Crippen molar-refractivity contribution < 1.29 is 19.2 Å². The molecule has 6 heteroatoms. The Morgan fingerprint density at radius 1 is 0.417 bits per heavy atom. The summed E-state index contributed by atoms with van der Waals surface area (Å²) in [5.74, 6) is -0.891. The standard InChI is InChI=1S/C42H46N2O4/c1-5-7-9-11-13-15-21-43-39(45)29-19-17-27-34-26(4)24-32-36-30(40(46)44(42(32)48)22-16-14-12-10-8-6-2)20-18-28(38(34)36)33-25(3)23-31(41(43)47)35(29)37(27)33/h17-20,23-24H,5-16,21-22H2,1-4H3. The fraction of sp³-hybridized carbons (Fsp3) is 0.429. The predicted octanol–water partition coefficient (Wildman–Crippen LogP) is 10.3. The van der Waals surface area contributed by atoms with Gasteiger partial charge >= 0.3 is 0 Å². The lowest BCUT2D eigenvalue weighted by molar-refractivity contribution is 0.0592. The van der Waals surface area contributed by atoms with Crippen LogP contribution in [0.2, 0.25) is 0 Å². The molecule has 0 N–H and O–H groups in total. The molecule has 7 rings (SSSR count). The van der Waals surface area contributed by atoms with Gasteiger partial charge in [0, 0.05) is 46.1 Å². The number of hydrogen-bond donors (Lipinski definition) is 0. The molecule has 0 atom stereocenters. The zero-order valence-electron chi connectivity index (χ0n) is 28.9. The van der Waals surface area contributed by atoms with E-state index in [9.17, 15) is 19.2 Å². The van der Waals surface area contributed by atoms with Gasteiger partial charge in [-0.05, 0) is 94.4 Å². The topological polar surface area (TPSA) is 74.8 Å². The first-order valence-electron chi connectivity index (χ1n) is 18.2. The van der Waals surface area contributed by atoms with Crippen molar-refractivity contribution in [2.24, 2.45) is 0 Å². The van der Waals surface area contributed by atoms with Crippen molar-refractivity contribution in [3.8, 4) is 0 Å². The quantitative estimate of drug-likeness (QED) is 0.0523. The third kappa shape index (κ3) is 4.98. The monoisotopic (exact) mass is 642 g/mol. The maximum absolute atomic E-state index is 14.0. The Kier molecular flexibility index (Phi) is 8.69. The summed E-state index contributed by atoms with van der Waals surface area (Å²) in [6, 6.07) is 11.7. The summed E-state index contributed by atoms with van der Waals surface area (Å²) in [6.45, 7) is 9.29. The van der Waals surface area contributed by atoms with E-state index in [0.29, 0.717) is 35.3 Å². The fourth-order valence-electron chi connectivity index (χ4n) is 8.48. The van der Waals surface area contributed by atoms with Crippen molar-refractivity contribution in [2.75, 3.05) is 13.1 Å². The number of benzene rings is 5. The Hall–Kier alpha value is -4.32. The van der Waals surface area contributed by atoms with Gasteiger partial charge in [0.1, 0.15) is 0 Å². The van der Waals surface area contributed by atoms with Gasteiger partial charge in [-0.3, -0.25) is 29.0 Å². The van der Waals surface area contributed by atoms with Gasteiger partial charge < -0.3 is 0 Å². The lowest BCUT2D eigenvalue weighted by atomic mass is 9.79. The van der Waals surface area contributed by atoms with Crippen LogP contribution in [-0.2, 0) is 0 Å². The Labute approximate surface area is 282 Å². The van der Waals surface area contributed by atoms with E-state index in [1.807, 2.05) is 50.2 Å². The van der Waals surface area contributed by atoms with Gasteiger partial charge in [-0.15, -0.1) is 0 Å². The largest absolute Gasteiger partial charge is 0.274 e. The second-order valence-electron chi connectivity index (χ2n) is 14.1. The third-order valence-electron chi connectivity index (χ3n) is 10.9. The second-order valence-corrected chi connectivity index (χ2v) is 14.1. The molecule has 0 unspecified atom stereocenters. The van der Waals surface area contributed by atoms with E-state index in [0.717, 1.165) is 92.7 Å². The molecule has 6 nitrogen and oxygen atoms in total. The molecule has 2 aliphatic heterocycles. The Morgan fingerprint density at radius 3 is 1.17 bits per heavy atom. The van der Waals surface area contributed by atoms with Crippen LogP contribution in [-0.4, -0.2) is 46.5 Å². The molecule has 5 aromatic carbocycles. The Balaban J connectivity index is 1.33. The zero-order valence-corrected chi connectivity index (χ0v) is 28.9. The van der Waals surface area contributed by atoms with E-state index in [1.165, 1.54) is 48.3 Å². The summed E-state index contributed by atoms with van der Waals surface area (Å²) in [5.41, 5.74) is 4.18. The van der Waals surface area contributed by atoms with Crippen LogP contribution in [0.1, 0.15) is 143 Å². The molecule has 4 amide bonds. The molecule has 0 saturated carbocycles. The van der Waals surface area contributed by atoms with Crippen molar-refractivity contribution in [3.05, 3.63) is 69.8 Å². The van der Waals surface area contributed by atoms with Crippen LogP contribution in [0, 0.1) is 13.8 Å². The lowest BCUT2D eigenvalue weighted by Gasteiger charge is -2.31. The summed E-state index contributed by atoms with van der Waals surface area (Å²) in [4.78, 5) is 58.6. The number of rotatable bonds is 14. The summed E-state index contributed by atoms with van der Waals surface area (Å²) >= 11 is 0. The van der Waals surface area contributed by atoms with Gasteiger partial charge in [-0.1, -0.05) is 90.2 Å². The maximum Gasteiger partial charge on any atom is 0.261 e. The van der Waals surface area contributed by atoms with Gasteiger partial charge in [0.2, 0.25) is 0 Å². The van der Waals surface area contributed by atoms with Crippen LogP contribution in [0.15, 0.2) is 36.4 Å². The van der Waals surface area contributed by atoms with Crippen LogP contribution >= 0.6 is 0 Å². The van der Waals surface area contributed by atoms with Crippen molar-refractivity contribution in [1.82, 2.24) is 9.80 Å². The number of imide groups is 2. The molecule has 0 radical (unpaired) electrons. The minimum absolute atomic E-state index is 0.220. The molecule has 2 heterocycles. The van der Waals surface area contributed by atoms with Gasteiger partial charge in [0.05, 0.1) is 0 Å². The van der Waals surface area contributed by atoms with Gasteiger partial charge in [0.15, 0.2) is 0 Å². The van der Waals surface area contributed by atoms with Crippen molar-refractivity contribution in [2.45, 2.75) is 105 Å². The number of nitrogens with zero attached hydrogens (tertiary/aromatic N) is 2. The van der Waals surface area contributed by atoms with E-state index >= 15 is 0 Å². The average Bonchev–Trinajstić information content (AvgIpc) is 3.08. The highest BCUT2D eigenvalue weighted by atomic mass is 16.2. The molecule has 248 valence electrons. The van der Waals surface area contributed by atoms with Crippen molar-refractivity contribution >= 4 is 66.7 Å². The van der Waals surface area contributed by atoms with Crippen LogP contribution in [0.5, 0.6) is 0 Å². The molecule has 48 heavy (non-hydrogen) atoms. The summed E-state index contributed by atoms with van der Waals surface area (Å²) in [5, 5.41) is 7.11. The van der Waals surface area contributed by atoms with Crippen LogP contribution in [0.4, 0.5) is 0 Å². The Bertz CT molecular complexity index is 1970. The summed E-state index contributed by atoms with van der Waals surface area (Å²) in [6.07, 6.45) is 13.0. The zero-order chi connectivity index (χ0) is 33.7. The van der Waals surface area contributed by atoms with Crippen LogP contribution in [0.3, 0.4) is 0 Å². The van der Waals surface area contributed by atoms with Crippen molar-refractivity contribution in [3.63, 3.8) is 0 Å². The fourth-order valence-corrected chi connectivity index (χ4v) is 8.48. The number of carbonyl (C=O) groups excluding carboxylic acids is 4. The molecular weight excluding hydrogens is 596 g/mol. The van der Waals surface area contributed by atoms with Gasteiger partial charge in [0.25, 0.3) is 23.6 Å². The number of hydrogen-bond acceptors (Lipinski definition) is 4. The molecule has 0 aromatic heterocycles. The summed E-state index contributed by atoms with van der Waals surface area (Å²) < 4.78 is 0. The first-order chi connectivity index (χ1) is 23.3.